The Hall–Kier alpha value is -1.85. The molecule has 1 atom stereocenters. The van der Waals surface area contributed by atoms with Crippen molar-refractivity contribution in [1.82, 2.24) is 15.0 Å². The maximum atomic E-state index is 12.7. The monoisotopic (exact) mass is 401 g/mol. The first kappa shape index (κ1) is 19.5. The van der Waals surface area contributed by atoms with Crippen LogP contribution in [0.1, 0.15) is 60.3 Å². The number of hydrogen-bond donors (Lipinski definition) is 0. The number of carbonyl (C=O) groups excluding carboxylic acids is 1. The van der Waals surface area contributed by atoms with E-state index in [9.17, 15) is 4.79 Å². The predicted molar refractivity (Wildman–Crippen MR) is 110 cm³/mol. The highest BCUT2D eigenvalue weighted by Gasteiger charge is 2.28. The van der Waals surface area contributed by atoms with Crippen molar-refractivity contribution in [3.05, 3.63) is 52.4 Å². The minimum Gasteiger partial charge on any atom is -0.351 e. The largest absolute Gasteiger partial charge is 0.351 e. The van der Waals surface area contributed by atoms with Gasteiger partial charge in [-0.3, -0.25) is 9.69 Å². The first-order valence-corrected chi connectivity index (χ1v) is 10.7. The highest BCUT2D eigenvalue weighted by atomic mass is 35.5. The van der Waals surface area contributed by atoms with E-state index in [-0.39, 0.29) is 5.91 Å². The molecule has 28 heavy (non-hydrogen) atoms. The number of benzene rings is 1. The Morgan fingerprint density at radius 3 is 2.82 bits per heavy atom. The summed E-state index contributed by atoms with van der Waals surface area (Å²) in [7, 11) is 0. The van der Waals surface area contributed by atoms with Crippen molar-refractivity contribution in [3.8, 4) is 0 Å². The Morgan fingerprint density at radius 2 is 2.04 bits per heavy atom. The molecule has 6 heteroatoms. The summed E-state index contributed by atoms with van der Waals surface area (Å²) in [4.78, 5) is 17.0. The maximum absolute atomic E-state index is 12.7. The summed E-state index contributed by atoms with van der Waals surface area (Å²) < 4.78 is 5.45. The Balaban J connectivity index is 1.38. The fourth-order valence-corrected chi connectivity index (χ4v) is 4.50. The van der Waals surface area contributed by atoms with Crippen molar-refractivity contribution in [2.45, 2.75) is 45.1 Å². The molecule has 1 aromatic carbocycles. The van der Waals surface area contributed by atoms with Gasteiger partial charge in [-0.15, -0.1) is 0 Å². The van der Waals surface area contributed by atoms with Crippen LogP contribution >= 0.6 is 11.6 Å². The summed E-state index contributed by atoms with van der Waals surface area (Å²) in [6.07, 6.45) is 4.32. The van der Waals surface area contributed by atoms with Gasteiger partial charge in [0.2, 0.25) is 5.76 Å². The molecule has 150 valence electrons. The number of nitrogens with zero attached hydrogens (tertiary/aromatic N) is 3. The van der Waals surface area contributed by atoms with Crippen LogP contribution in [0.4, 0.5) is 0 Å². The predicted octanol–water partition coefficient (Wildman–Crippen LogP) is 4.58. The van der Waals surface area contributed by atoms with Crippen molar-refractivity contribution in [3.63, 3.8) is 0 Å². The highest BCUT2D eigenvalue weighted by Crippen LogP contribution is 2.28. The molecule has 0 saturated carbocycles. The van der Waals surface area contributed by atoms with Gasteiger partial charge >= 0.3 is 0 Å². The molecule has 1 amide bonds. The summed E-state index contributed by atoms with van der Waals surface area (Å²) in [6.45, 7) is 6.74. The minimum atomic E-state index is -0.0164. The van der Waals surface area contributed by atoms with Gasteiger partial charge in [-0.1, -0.05) is 35.8 Å². The van der Waals surface area contributed by atoms with Gasteiger partial charge in [-0.2, -0.15) is 0 Å². The number of rotatable bonds is 4. The quantitative estimate of drug-likeness (QED) is 0.752. The molecule has 2 saturated heterocycles. The van der Waals surface area contributed by atoms with Gasteiger partial charge in [-0.25, -0.2) is 0 Å². The first-order chi connectivity index (χ1) is 13.6. The van der Waals surface area contributed by atoms with Gasteiger partial charge in [0.1, 0.15) is 0 Å². The molecule has 1 aromatic heterocycles. The lowest BCUT2D eigenvalue weighted by atomic mass is 9.94. The second-order valence-corrected chi connectivity index (χ2v) is 8.73. The molecule has 5 nitrogen and oxygen atoms in total. The molecule has 4 rings (SSSR count). The Labute approximate surface area is 171 Å². The summed E-state index contributed by atoms with van der Waals surface area (Å²) >= 11 is 6.11. The van der Waals surface area contributed by atoms with E-state index in [0.717, 1.165) is 69.1 Å². The van der Waals surface area contributed by atoms with E-state index in [1.54, 1.807) is 0 Å². The van der Waals surface area contributed by atoms with Crippen molar-refractivity contribution >= 4 is 17.5 Å². The summed E-state index contributed by atoms with van der Waals surface area (Å²) in [6, 6.07) is 9.91. The lowest BCUT2D eigenvalue weighted by Crippen LogP contribution is -2.37. The van der Waals surface area contributed by atoms with E-state index < -0.39 is 0 Å². The first-order valence-electron chi connectivity index (χ1n) is 10.3. The molecule has 2 aromatic rings. The van der Waals surface area contributed by atoms with E-state index in [1.807, 2.05) is 29.2 Å². The molecular formula is C22H28ClN3O2. The van der Waals surface area contributed by atoms with Crippen LogP contribution in [-0.2, 0) is 6.54 Å². The van der Waals surface area contributed by atoms with Crippen molar-refractivity contribution < 1.29 is 9.32 Å². The zero-order chi connectivity index (χ0) is 19.5. The van der Waals surface area contributed by atoms with Gasteiger partial charge in [0.15, 0.2) is 0 Å². The number of halogens is 1. The maximum Gasteiger partial charge on any atom is 0.292 e. The number of hydrogen-bond acceptors (Lipinski definition) is 4. The normalized spacial score (nSPS) is 21.8. The fourth-order valence-electron chi connectivity index (χ4n) is 4.28. The summed E-state index contributed by atoms with van der Waals surface area (Å²) in [5.74, 6) is 1.37. The molecule has 0 radical (unpaired) electrons. The third-order valence-electron chi connectivity index (χ3n) is 6.03. The van der Waals surface area contributed by atoms with Crippen LogP contribution in [0, 0.1) is 5.92 Å². The highest BCUT2D eigenvalue weighted by molar-refractivity contribution is 6.30. The second-order valence-electron chi connectivity index (χ2n) is 8.29. The molecule has 2 fully saturated rings. The third-order valence-corrected chi connectivity index (χ3v) is 6.26. The number of piperidine rings is 2. The zero-order valence-corrected chi connectivity index (χ0v) is 17.2. The van der Waals surface area contributed by atoms with E-state index in [4.69, 9.17) is 16.1 Å². The average Bonchev–Trinajstić information content (AvgIpc) is 3.19. The van der Waals surface area contributed by atoms with E-state index in [2.05, 4.69) is 23.0 Å². The second kappa shape index (κ2) is 8.66. The number of likely N-dealkylation sites (tertiary alicyclic amines) is 2. The van der Waals surface area contributed by atoms with E-state index in [0.29, 0.717) is 17.6 Å². The SMILES string of the molecule is CC1CCN(C(=O)c2cc([C@H]3CCCN(Cc4cccc(Cl)c4)C3)no2)CC1. The van der Waals surface area contributed by atoms with Gasteiger partial charge in [0.25, 0.3) is 5.91 Å². The van der Waals surface area contributed by atoms with Gasteiger partial charge in [0.05, 0.1) is 5.69 Å². The van der Waals surface area contributed by atoms with Crippen LogP contribution in [-0.4, -0.2) is 47.0 Å². The van der Waals surface area contributed by atoms with E-state index >= 15 is 0 Å². The van der Waals surface area contributed by atoms with Crippen LogP contribution in [0.5, 0.6) is 0 Å². The van der Waals surface area contributed by atoms with Crippen LogP contribution in [0.3, 0.4) is 0 Å². The van der Waals surface area contributed by atoms with Crippen LogP contribution in [0.15, 0.2) is 34.9 Å². The number of amides is 1. The summed E-state index contributed by atoms with van der Waals surface area (Å²) in [5.41, 5.74) is 2.13. The molecule has 0 unspecified atom stereocenters. The minimum absolute atomic E-state index is 0.0164. The Bertz CT molecular complexity index is 814. The van der Waals surface area contributed by atoms with Crippen LogP contribution in [0.2, 0.25) is 5.02 Å². The van der Waals surface area contributed by atoms with E-state index in [1.165, 1.54) is 5.56 Å². The molecule has 3 heterocycles. The van der Waals surface area contributed by atoms with Crippen LogP contribution in [0.25, 0.3) is 0 Å². The van der Waals surface area contributed by atoms with Gasteiger partial charge < -0.3 is 9.42 Å². The molecule has 2 aliphatic heterocycles. The Morgan fingerprint density at radius 1 is 1.21 bits per heavy atom. The van der Waals surface area contributed by atoms with Gasteiger partial charge in [-0.05, 0) is 55.8 Å². The number of carbonyl (C=O) groups is 1. The molecule has 0 spiro atoms. The lowest BCUT2D eigenvalue weighted by molar-refractivity contribution is 0.0655. The average molecular weight is 402 g/mol. The topological polar surface area (TPSA) is 49.6 Å². The van der Waals surface area contributed by atoms with Gasteiger partial charge in [0, 0.05) is 43.2 Å². The standard InChI is InChI=1S/C22H28ClN3O2/c1-16-7-10-26(11-8-16)22(27)21-13-20(24-28-21)18-5-3-9-25(15-18)14-17-4-2-6-19(23)12-17/h2,4,6,12-13,16,18H,3,5,7-11,14-15H2,1H3/t18-/m0/s1. The Kier molecular flexibility index (Phi) is 6.02. The fraction of sp³-hybridized carbons (Fsp3) is 0.545. The van der Waals surface area contributed by atoms with Crippen molar-refractivity contribution in [2.75, 3.05) is 26.2 Å². The molecular weight excluding hydrogens is 374 g/mol. The third kappa shape index (κ3) is 4.58. The molecule has 0 bridgehead atoms. The molecule has 0 aliphatic carbocycles. The zero-order valence-electron chi connectivity index (χ0n) is 16.4. The van der Waals surface area contributed by atoms with Crippen LogP contribution < -0.4 is 0 Å². The molecule has 0 N–H and O–H groups in total. The smallest absolute Gasteiger partial charge is 0.292 e. The molecule has 2 aliphatic rings. The lowest BCUT2D eigenvalue weighted by Gasteiger charge is -2.31. The van der Waals surface area contributed by atoms with Crippen molar-refractivity contribution in [2.24, 2.45) is 5.92 Å². The van der Waals surface area contributed by atoms with Crippen molar-refractivity contribution in [1.29, 1.82) is 0 Å². The summed E-state index contributed by atoms with van der Waals surface area (Å²) in [5, 5.41) is 5.03. The number of aromatic nitrogens is 1.